The van der Waals surface area contributed by atoms with Crippen LogP contribution in [0.25, 0.3) is 119 Å². The summed E-state index contributed by atoms with van der Waals surface area (Å²) in [4.78, 5) is 0. The summed E-state index contributed by atoms with van der Waals surface area (Å²) in [6.45, 7) is 0. The minimum atomic E-state index is 0.903. The highest BCUT2D eigenvalue weighted by atomic mass is 32.1. The summed E-state index contributed by atoms with van der Waals surface area (Å²) in [5.41, 5.74) is 8.66. The molecule has 0 aliphatic carbocycles. The fraction of sp³-hybridized carbons (Fsp3) is 0. The molecular formula is C54H32N2OS. The Kier molecular flexibility index (Phi) is 6.60. The zero-order valence-corrected chi connectivity index (χ0v) is 32.0. The van der Waals surface area contributed by atoms with E-state index in [1.807, 2.05) is 11.3 Å². The average molecular weight is 757 g/mol. The van der Waals surface area contributed by atoms with Crippen molar-refractivity contribution in [2.75, 3.05) is 0 Å². The number of nitrogens with zero attached hydrogens (tertiary/aromatic N) is 2. The van der Waals surface area contributed by atoms with Crippen molar-refractivity contribution in [2.45, 2.75) is 0 Å². The van der Waals surface area contributed by atoms with E-state index in [9.17, 15) is 0 Å². The monoisotopic (exact) mass is 756 g/mol. The lowest BCUT2D eigenvalue weighted by Crippen LogP contribution is -1.95. The largest absolute Gasteiger partial charge is 0.455 e. The van der Waals surface area contributed by atoms with Gasteiger partial charge in [-0.25, -0.2) is 0 Å². The van der Waals surface area contributed by atoms with Gasteiger partial charge in [0.25, 0.3) is 0 Å². The molecule has 3 nitrogen and oxygen atoms in total. The van der Waals surface area contributed by atoms with E-state index in [1.54, 1.807) is 0 Å². The number of fused-ring (bicyclic) bond motifs is 17. The van der Waals surface area contributed by atoms with Crippen molar-refractivity contribution in [3.05, 3.63) is 194 Å². The molecule has 0 saturated heterocycles. The first-order chi connectivity index (χ1) is 28.8. The fourth-order valence-electron chi connectivity index (χ4n) is 9.62. The predicted molar refractivity (Wildman–Crippen MR) is 248 cm³/mol. The number of rotatable bonds is 2. The Hall–Kier alpha value is -7.40. The highest BCUT2D eigenvalue weighted by molar-refractivity contribution is 7.24. The van der Waals surface area contributed by atoms with Crippen LogP contribution in [0.3, 0.4) is 0 Å². The molecule has 0 amide bonds. The molecule has 0 unspecified atom stereocenters. The summed E-state index contributed by atoms with van der Waals surface area (Å²) in [7, 11) is 0. The van der Waals surface area contributed by atoms with Crippen LogP contribution in [0.4, 0.5) is 0 Å². The highest BCUT2D eigenvalue weighted by Crippen LogP contribution is 2.45. The Morgan fingerprint density at radius 1 is 0.310 bits per heavy atom. The number of hydrogen-bond donors (Lipinski definition) is 0. The van der Waals surface area contributed by atoms with Crippen molar-refractivity contribution in [2.24, 2.45) is 0 Å². The summed E-state index contributed by atoms with van der Waals surface area (Å²) < 4.78 is 14.2. The van der Waals surface area contributed by atoms with Gasteiger partial charge in [0.1, 0.15) is 11.2 Å². The van der Waals surface area contributed by atoms with Crippen LogP contribution in [0.5, 0.6) is 0 Å². The van der Waals surface area contributed by atoms with Gasteiger partial charge in [-0.1, -0.05) is 115 Å². The van der Waals surface area contributed by atoms with E-state index in [2.05, 4.69) is 203 Å². The van der Waals surface area contributed by atoms with Gasteiger partial charge >= 0.3 is 0 Å². The summed E-state index contributed by atoms with van der Waals surface area (Å²) >= 11 is 1.86. The highest BCUT2D eigenvalue weighted by Gasteiger charge is 2.23. The molecule has 0 bridgehead atoms. The van der Waals surface area contributed by atoms with Crippen LogP contribution in [0.15, 0.2) is 199 Å². The van der Waals surface area contributed by atoms with Gasteiger partial charge in [0.2, 0.25) is 0 Å². The van der Waals surface area contributed by atoms with Gasteiger partial charge in [0, 0.05) is 47.7 Å². The topological polar surface area (TPSA) is 23.0 Å². The van der Waals surface area contributed by atoms with Crippen molar-refractivity contribution in [1.29, 1.82) is 0 Å². The second-order valence-corrected chi connectivity index (χ2v) is 16.3. The van der Waals surface area contributed by atoms with Crippen LogP contribution < -0.4 is 0 Å². The molecule has 270 valence electrons. The number of aromatic nitrogens is 2. The lowest BCUT2D eigenvalue weighted by molar-refractivity contribution is 0.673. The Balaban J connectivity index is 1.29. The van der Waals surface area contributed by atoms with Gasteiger partial charge in [-0.05, 0) is 111 Å². The minimum absolute atomic E-state index is 0.903. The maximum absolute atomic E-state index is 6.79. The van der Waals surface area contributed by atoms with E-state index in [0.717, 1.165) is 55.2 Å². The Labute approximate surface area is 336 Å². The zero-order chi connectivity index (χ0) is 37.9. The van der Waals surface area contributed by atoms with Crippen LogP contribution in [0, 0.1) is 0 Å². The quantitative estimate of drug-likeness (QED) is 0.172. The Morgan fingerprint density at radius 2 is 0.793 bits per heavy atom. The molecule has 13 aromatic rings. The predicted octanol–water partition coefficient (Wildman–Crippen LogP) is 15.6. The molecule has 4 heteroatoms. The van der Waals surface area contributed by atoms with Crippen LogP contribution in [-0.4, -0.2) is 9.13 Å². The number of para-hydroxylation sites is 3. The molecule has 13 rings (SSSR count). The molecule has 4 heterocycles. The van der Waals surface area contributed by atoms with Gasteiger partial charge in [-0.15, -0.1) is 11.3 Å². The normalized spacial score (nSPS) is 12.1. The van der Waals surface area contributed by atoms with Crippen LogP contribution in [0.2, 0.25) is 0 Å². The zero-order valence-electron chi connectivity index (χ0n) is 31.2. The first kappa shape index (κ1) is 31.8. The second kappa shape index (κ2) is 12.1. The van der Waals surface area contributed by atoms with Crippen LogP contribution >= 0.6 is 11.3 Å². The first-order valence-electron chi connectivity index (χ1n) is 19.8. The fourth-order valence-corrected chi connectivity index (χ4v) is 10.7. The van der Waals surface area contributed by atoms with Gasteiger partial charge in [-0.3, -0.25) is 0 Å². The molecular weight excluding hydrogens is 725 g/mol. The van der Waals surface area contributed by atoms with E-state index >= 15 is 0 Å². The third kappa shape index (κ3) is 4.43. The number of furan rings is 1. The summed E-state index contributed by atoms with van der Waals surface area (Å²) in [6.07, 6.45) is 0. The molecule has 0 N–H and O–H groups in total. The van der Waals surface area contributed by atoms with E-state index < -0.39 is 0 Å². The molecule has 0 saturated carbocycles. The average Bonchev–Trinajstić information content (AvgIpc) is 3.93. The second-order valence-electron chi connectivity index (χ2n) is 15.2. The molecule has 0 fully saturated rings. The van der Waals surface area contributed by atoms with Gasteiger partial charge in [-0.2, -0.15) is 0 Å². The van der Waals surface area contributed by atoms with Crippen molar-refractivity contribution in [3.8, 4) is 11.4 Å². The van der Waals surface area contributed by atoms with Crippen LogP contribution in [-0.2, 0) is 0 Å². The summed E-state index contributed by atoms with van der Waals surface area (Å²) in [6, 6.07) is 70.9. The van der Waals surface area contributed by atoms with E-state index in [4.69, 9.17) is 4.42 Å². The molecule has 58 heavy (non-hydrogen) atoms. The first-order valence-corrected chi connectivity index (χ1v) is 20.6. The lowest BCUT2D eigenvalue weighted by Gasteiger charge is -2.10. The molecule has 0 spiro atoms. The maximum atomic E-state index is 6.79. The number of benzene rings is 9. The van der Waals surface area contributed by atoms with Crippen molar-refractivity contribution < 1.29 is 4.42 Å². The van der Waals surface area contributed by atoms with E-state index in [-0.39, 0.29) is 0 Å². The molecule has 0 aliphatic rings. The maximum Gasteiger partial charge on any atom is 0.145 e. The summed E-state index contributed by atoms with van der Waals surface area (Å²) in [5, 5.41) is 14.4. The summed E-state index contributed by atoms with van der Waals surface area (Å²) in [5.74, 6) is 0. The van der Waals surface area contributed by atoms with Crippen molar-refractivity contribution >= 4 is 119 Å². The third-order valence-electron chi connectivity index (χ3n) is 12.1. The van der Waals surface area contributed by atoms with Crippen molar-refractivity contribution in [3.63, 3.8) is 0 Å². The smallest absolute Gasteiger partial charge is 0.145 e. The Morgan fingerprint density at radius 3 is 1.48 bits per heavy atom. The van der Waals surface area contributed by atoms with Crippen LogP contribution in [0.1, 0.15) is 0 Å². The SMILES string of the molecule is c1ccc(-n2c3cc4c5ccccc5sc5ccccc5c5ccccc5c4cc3c3cc4c5c6oc7ccccc7c6ccc5n(-c5ccccc5)c4cc32)cc1. The molecule has 9 aromatic carbocycles. The van der Waals surface area contributed by atoms with E-state index in [0.29, 0.717) is 0 Å². The van der Waals surface area contributed by atoms with Gasteiger partial charge in [0.05, 0.1) is 27.5 Å². The van der Waals surface area contributed by atoms with Crippen molar-refractivity contribution in [1.82, 2.24) is 9.13 Å². The molecule has 0 radical (unpaired) electrons. The standard InChI is InChI=1S/C54H32N2OS/c1-3-15-33(16-4-1)55-46-28-27-40-37-21-9-12-24-50(37)57-54(40)53(46)45-30-44-43-29-41-36-20-8-7-19-35(36)38-22-10-13-25-51(38)58-52-26-14-11-23-39(52)42(41)31-47(43)56(48(44)32-49(45)55)34-17-5-2-6-18-34/h1-32H. The molecule has 0 atom stereocenters. The molecule has 4 aromatic heterocycles. The van der Waals surface area contributed by atoms with E-state index in [1.165, 1.54) is 63.4 Å². The minimum Gasteiger partial charge on any atom is -0.455 e. The van der Waals surface area contributed by atoms with Gasteiger partial charge < -0.3 is 13.6 Å². The van der Waals surface area contributed by atoms with Gasteiger partial charge in [0.15, 0.2) is 0 Å². The third-order valence-corrected chi connectivity index (χ3v) is 13.3. The number of hydrogen-bond acceptors (Lipinski definition) is 2. The lowest BCUT2D eigenvalue weighted by atomic mass is 9.99. The molecule has 0 aliphatic heterocycles. The Bertz CT molecular complexity index is 3900.